The Morgan fingerprint density at radius 2 is 2.10 bits per heavy atom. The first-order valence-electron chi connectivity index (χ1n) is 6.97. The summed E-state index contributed by atoms with van der Waals surface area (Å²) in [5.74, 6) is 1.35. The van der Waals surface area contributed by atoms with Crippen LogP contribution in [0.25, 0.3) is 10.2 Å². The summed E-state index contributed by atoms with van der Waals surface area (Å²) in [6.07, 6.45) is 2.37. The molecular weight excluding hydrogens is 272 g/mol. The fourth-order valence-corrected chi connectivity index (χ4v) is 3.35. The number of nitrogens with one attached hydrogen (secondary N) is 1. The number of likely N-dealkylation sites (tertiary alicyclic amines) is 1. The van der Waals surface area contributed by atoms with Crippen LogP contribution in [0.2, 0.25) is 0 Å². The fourth-order valence-electron chi connectivity index (χ4n) is 2.48. The van der Waals surface area contributed by atoms with E-state index in [1.54, 1.807) is 11.3 Å². The smallest absolute Gasteiger partial charge is 0.227 e. The van der Waals surface area contributed by atoms with Gasteiger partial charge in [-0.1, -0.05) is 0 Å². The van der Waals surface area contributed by atoms with E-state index in [0.29, 0.717) is 5.95 Å². The van der Waals surface area contributed by atoms with Gasteiger partial charge in [0.1, 0.15) is 10.9 Å². The zero-order valence-electron chi connectivity index (χ0n) is 12.1. The summed E-state index contributed by atoms with van der Waals surface area (Å²) in [4.78, 5) is 13.5. The minimum Gasteiger partial charge on any atom is -0.474 e. The predicted octanol–water partition coefficient (Wildman–Crippen LogP) is 2.51. The van der Waals surface area contributed by atoms with E-state index < -0.39 is 0 Å². The Balaban J connectivity index is 1.89. The second kappa shape index (κ2) is 5.54. The van der Waals surface area contributed by atoms with Gasteiger partial charge in [-0.2, -0.15) is 4.98 Å². The van der Waals surface area contributed by atoms with Gasteiger partial charge in [-0.25, -0.2) is 4.98 Å². The Labute approximate surface area is 123 Å². The molecule has 0 spiro atoms. The highest BCUT2D eigenvalue weighted by Crippen LogP contribution is 2.32. The molecule has 0 radical (unpaired) electrons. The van der Waals surface area contributed by atoms with Crippen LogP contribution < -0.4 is 10.1 Å². The lowest BCUT2D eigenvalue weighted by molar-refractivity contribution is 0.111. The average molecular weight is 292 g/mol. The van der Waals surface area contributed by atoms with E-state index in [1.165, 1.54) is 4.88 Å². The molecule has 0 amide bonds. The molecule has 1 fully saturated rings. The molecule has 1 saturated heterocycles. The topological polar surface area (TPSA) is 50.3 Å². The van der Waals surface area contributed by atoms with Gasteiger partial charge in [0, 0.05) is 25.0 Å². The number of anilines is 1. The van der Waals surface area contributed by atoms with Crippen LogP contribution in [0.4, 0.5) is 5.95 Å². The van der Waals surface area contributed by atoms with Crippen LogP contribution >= 0.6 is 11.3 Å². The molecule has 0 saturated carbocycles. The molecule has 108 valence electrons. The third-order valence-electron chi connectivity index (χ3n) is 3.65. The highest BCUT2D eigenvalue weighted by Gasteiger charge is 2.20. The standard InChI is InChI=1S/C14H20N4OS/c1-9-8-11-12(16-14(15-2)17-13(11)20-9)19-10-4-6-18(3)7-5-10/h8,10H,4-7H2,1-3H3,(H,15,16,17). The molecule has 1 aliphatic rings. The molecule has 1 N–H and O–H groups in total. The monoisotopic (exact) mass is 292 g/mol. The number of piperidine rings is 1. The molecule has 0 unspecified atom stereocenters. The van der Waals surface area contributed by atoms with Crippen molar-refractivity contribution in [2.75, 3.05) is 32.5 Å². The van der Waals surface area contributed by atoms with E-state index in [1.807, 2.05) is 7.05 Å². The lowest BCUT2D eigenvalue weighted by Crippen LogP contribution is -2.35. The van der Waals surface area contributed by atoms with Crippen molar-refractivity contribution in [3.05, 3.63) is 10.9 Å². The zero-order chi connectivity index (χ0) is 14.1. The number of aryl methyl sites for hydroxylation is 1. The lowest BCUT2D eigenvalue weighted by atomic mass is 10.1. The van der Waals surface area contributed by atoms with E-state index in [9.17, 15) is 0 Å². The average Bonchev–Trinajstić information content (AvgIpc) is 2.81. The van der Waals surface area contributed by atoms with Crippen LogP contribution in [-0.4, -0.2) is 48.2 Å². The van der Waals surface area contributed by atoms with E-state index >= 15 is 0 Å². The van der Waals surface area contributed by atoms with Gasteiger partial charge in [-0.15, -0.1) is 11.3 Å². The second-order valence-corrected chi connectivity index (χ2v) is 6.53. The van der Waals surface area contributed by atoms with Crippen molar-refractivity contribution < 1.29 is 4.74 Å². The third kappa shape index (κ3) is 2.71. The lowest BCUT2D eigenvalue weighted by Gasteiger charge is -2.29. The fraction of sp³-hybridized carbons (Fsp3) is 0.571. The Kier molecular flexibility index (Phi) is 3.76. The number of fused-ring (bicyclic) bond motifs is 1. The Morgan fingerprint density at radius 3 is 2.80 bits per heavy atom. The van der Waals surface area contributed by atoms with Gasteiger partial charge in [0.05, 0.1) is 5.39 Å². The molecule has 0 aliphatic carbocycles. The summed E-state index contributed by atoms with van der Waals surface area (Å²) >= 11 is 1.68. The zero-order valence-corrected chi connectivity index (χ0v) is 13.0. The van der Waals surface area contributed by atoms with Crippen molar-refractivity contribution in [2.45, 2.75) is 25.9 Å². The predicted molar refractivity (Wildman–Crippen MR) is 82.8 cm³/mol. The van der Waals surface area contributed by atoms with E-state index in [4.69, 9.17) is 4.74 Å². The van der Waals surface area contributed by atoms with Gasteiger partial charge in [0.2, 0.25) is 11.8 Å². The van der Waals surface area contributed by atoms with Gasteiger partial charge in [-0.05, 0) is 32.9 Å². The minimum atomic E-state index is 0.259. The number of aromatic nitrogens is 2. The summed E-state index contributed by atoms with van der Waals surface area (Å²) in [5.41, 5.74) is 0. The molecule has 3 rings (SSSR count). The molecule has 5 nitrogen and oxygen atoms in total. The van der Waals surface area contributed by atoms with Crippen LogP contribution in [0.5, 0.6) is 5.88 Å². The number of hydrogen-bond donors (Lipinski definition) is 1. The van der Waals surface area contributed by atoms with E-state index in [2.05, 4.69) is 40.2 Å². The Morgan fingerprint density at radius 1 is 1.35 bits per heavy atom. The molecular formula is C14H20N4OS. The van der Waals surface area contributed by atoms with Gasteiger partial charge < -0.3 is 15.0 Å². The highest BCUT2D eigenvalue weighted by molar-refractivity contribution is 7.18. The molecule has 3 heterocycles. The highest BCUT2D eigenvalue weighted by atomic mass is 32.1. The molecule has 0 atom stereocenters. The van der Waals surface area contributed by atoms with Crippen LogP contribution in [-0.2, 0) is 0 Å². The molecule has 6 heteroatoms. The molecule has 2 aromatic heterocycles. The van der Waals surface area contributed by atoms with Gasteiger partial charge in [0.15, 0.2) is 0 Å². The minimum absolute atomic E-state index is 0.259. The maximum atomic E-state index is 6.16. The van der Waals surface area contributed by atoms with Crippen LogP contribution in [0.15, 0.2) is 6.07 Å². The van der Waals surface area contributed by atoms with Crippen molar-refractivity contribution in [1.29, 1.82) is 0 Å². The van der Waals surface area contributed by atoms with Crippen molar-refractivity contribution in [2.24, 2.45) is 0 Å². The van der Waals surface area contributed by atoms with Crippen LogP contribution in [0.3, 0.4) is 0 Å². The maximum Gasteiger partial charge on any atom is 0.227 e. The number of thiophene rings is 1. The van der Waals surface area contributed by atoms with Crippen molar-refractivity contribution in [3.63, 3.8) is 0 Å². The SMILES string of the molecule is CNc1nc(OC2CCN(C)CC2)c2cc(C)sc2n1. The van der Waals surface area contributed by atoms with Gasteiger partial charge in [-0.3, -0.25) is 0 Å². The number of hydrogen-bond acceptors (Lipinski definition) is 6. The Hall–Kier alpha value is -1.40. The quantitative estimate of drug-likeness (QED) is 0.942. The van der Waals surface area contributed by atoms with Crippen molar-refractivity contribution in [1.82, 2.24) is 14.9 Å². The summed E-state index contributed by atoms with van der Waals surface area (Å²) < 4.78 is 6.16. The summed E-state index contributed by atoms with van der Waals surface area (Å²) in [6, 6.07) is 2.11. The summed E-state index contributed by atoms with van der Waals surface area (Å²) in [7, 11) is 3.99. The second-order valence-electron chi connectivity index (χ2n) is 5.30. The van der Waals surface area contributed by atoms with Crippen molar-refractivity contribution >= 4 is 27.5 Å². The number of ether oxygens (including phenoxy) is 1. The molecule has 2 aromatic rings. The number of nitrogens with zero attached hydrogens (tertiary/aromatic N) is 3. The van der Waals surface area contributed by atoms with Crippen molar-refractivity contribution in [3.8, 4) is 5.88 Å². The first-order valence-corrected chi connectivity index (χ1v) is 7.78. The number of rotatable bonds is 3. The largest absolute Gasteiger partial charge is 0.474 e. The molecule has 0 bridgehead atoms. The molecule has 20 heavy (non-hydrogen) atoms. The maximum absolute atomic E-state index is 6.16. The normalized spacial score (nSPS) is 17.6. The first-order chi connectivity index (χ1) is 9.65. The first kappa shape index (κ1) is 13.6. The third-order valence-corrected chi connectivity index (χ3v) is 4.59. The molecule has 1 aliphatic heterocycles. The molecule has 0 aromatic carbocycles. The van der Waals surface area contributed by atoms with Gasteiger partial charge >= 0.3 is 0 Å². The van der Waals surface area contributed by atoms with Gasteiger partial charge in [0.25, 0.3) is 0 Å². The Bertz CT molecular complexity index is 604. The summed E-state index contributed by atoms with van der Waals surface area (Å²) in [5, 5.41) is 4.04. The summed E-state index contributed by atoms with van der Waals surface area (Å²) in [6.45, 7) is 4.26. The van der Waals surface area contributed by atoms with Crippen LogP contribution in [0, 0.1) is 6.92 Å². The van der Waals surface area contributed by atoms with Crippen LogP contribution in [0.1, 0.15) is 17.7 Å². The van der Waals surface area contributed by atoms with E-state index in [0.717, 1.165) is 42.0 Å². The van der Waals surface area contributed by atoms with E-state index in [-0.39, 0.29) is 6.10 Å².